The Hall–Kier alpha value is -0.680. The van der Waals surface area contributed by atoms with E-state index < -0.39 is 0 Å². The Bertz CT molecular complexity index is 555. The highest BCUT2D eigenvalue weighted by Gasteiger charge is 2.02. The van der Waals surface area contributed by atoms with Gasteiger partial charge in [0.1, 0.15) is 0 Å². The Morgan fingerprint density at radius 3 is 2.30 bits per heavy atom. The van der Waals surface area contributed by atoms with Gasteiger partial charge in [-0.2, -0.15) is 0 Å². The van der Waals surface area contributed by atoms with E-state index in [4.69, 9.17) is 4.74 Å². The second kappa shape index (κ2) is 7.93. The van der Waals surface area contributed by atoms with Gasteiger partial charge in [0.15, 0.2) is 0 Å². The summed E-state index contributed by atoms with van der Waals surface area (Å²) in [5, 5.41) is 3.14. The number of hydrogen-bond donors (Lipinski definition) is 1. The minimum atomic E-state index is 0.608. The van der Waals surface area contributed by atoms with Crippen LogP contribution in [0.15, 0.2) is 51.4 Å². The van der Waals surface area contributed by atoms with Crippen LogP contribution in [0, 0.1) is 0 Å². The molecule has 0 unspecified atom stereocenters. The predicted octanol–water partition coefficient (Wildman–Crippen LogP) is 4.65. The van der Waals surface area contributed by atoms with Crippen LogP contribution in [0.3, 0.4) is 0 Å². The van der Waals surface area contributed by atoms with Crippen molar-refractivity contribution in [3.8, 4) is 0 Å². The van der Waals surface area contributed by atoms with E-state index in [9.17, 15) is 0 Å². The molecule has 106 valence electrons. The number of rotatable bonds is 6. The SMILES string of the molecule is CNCc1ccc(COCc2ccc(Br)cc2)c(Br)c1. The van der Waals surface area contributed by atoms with Gasteiger partial charge < -0.3 is 10.1 Å². The zero-order valence-corrected chi connectivity index (χ0v) is 14.5. The lowest BCUT2D eigenvalue weighted by Crippen LogP contribution is -2.05. The molecule has 1 N–H and O–H groups in total. The van der Waals surface area contributed by atoms with Gasteiger partial charge in [0.05, 0.1) is 13.2 Å². The Labute approximate surface area is 136 Å². The standard InChI is InChI=1S/C16H17Br2NO/c1-19-9-13-2-5-14(16(18)8-13)11-20-10-12-3-6-15(17)7-4-12/h2-8,19H,9-11H2,1H3. The van der Waals surface area contributed by atoms with Gasteiger partial charge in [0.2, 0.25) is 0 Å². The van der Waals surface area contributed by atoms with E-state index in [1.165, 1.54) is 16.7 Å². The molecule has 0 heterocycles. The minimum Gasteiger partial charge on any atom is -0.372 e. The van der Waals surface area contributed by atoms with Crippen LogP contribution in [-0.4, -0.2) is 7.05 Å². The average Bonchev–Trinajstić information content (AvgIpc) is 2.44. The van der Waals surface area contributed by atoms with Crippen molar-refractivity contribution in [3.63, 3.8) is 0 Å². The smallest absolute Gasteiger partial charge is 0.0732 e. The number of hydrogen-bond acceptors (Lipinski definition) is 2. The lowest BCUT2D eigenvalue weighted by molar-refractivity contribution is 0.107. The lowest BCUT2D eigenvalue weighted by atomic mass is 10.1. The molecule has 0 atom stereocenters. The summed E-state index contributed by atoms with van der Waals surface area (Å²) in [6.07, 6.45) is 0. The maximum absolute atomic E-state index is 5.77. The van der Waals surface area contributed by atoms with Crippen LogP contribution in [0.1, 0.15) is 16.7 Å². The molecule has 2 rings (SSSR count). The van der Waals surface area contributed by atoms with Crippen molar-refractivity contribution in [1.29, 1.82) is 0 Å². The molecule has 0 fully saturated rings. The van der Waals surface area contributed by atoms with Gasteiger partial charge >= 0.3 is 0 Å². The molecule has 0 bridgehead atoms. The first-order valence-corrected chi connectivity index (χ1v) is 8.01. The quantitative estimate of drug-likeness (QED) is 0.764. The second-order valence-electron chi connectivity index (χ2n) is 4.58. The summed E-state index contributed by atoms with van der Waals surface area (Å²) in [6, 6.07) is 14.6. The maximum atomic E-state index is 5.77. The number of halogens is 2. The minimum absolute atomic E-state index is 0.608. The van der Waals surface area contributed by atoms with Crippen LogP contribution >= 0.6 is 31.9 Å². The average molecular weight is 399 g/mol. The molecule has 0 aliphatic rings. The molecule has 0 spiro atoms. The first kappa shape index (κ1) is 15.7. The van der Waals surface area contributed by atoms with Gasteiger partial charge in [-0.05, 0) is 41.9 Å². The summed E-state index contributed by atoms with van der Waals surface area (Å²) >= 11 is 7.03. The van der Waals surface area contributed by atoms with Crippen LogP contribution in [-0.2, 0) is 24.5 Å². The van der Waals surface area contributed by atoms with Gasteiger partial charge in [0, 0.05) is 15.5 Å². The zero-order chi connectivity index (χ0) is 14.4. The molecule has 2 aromatic carbocycles. The largest absolute Gasteiger partial charge is 0.372 e. The van der Waals surface area contributed by atoms with Crippen molar-refractivity contribution in [2.75, 3.05) is 7.05 Å². The summed E-state index contributed by atoms with van der Waals surface area (Å²) in [4.78, 5) is 0. The fraction of sp³-hybridized carbons (Fsp3) is 0.250. The fourth-order valence-electron chi connectivity index (χ4n) is 1.88. The third-order valence-electron chi connectivity index (χ3n) is 2.94. The van der Waals surface area contributed by atoms with Crippen LogP contribution < -0.4 is 5.32 Å². The highest BCUT2D eigenvalue weighted by Crippen LogP contribution is 2.20. The van der Waals surface area contributed by atoms with Crippen LogP contribution in [0.5, 0.6) is 0 Å². The molecule has 2 nitrogen and oxygen atoms in total. The van der Waals surface area contributed by atoms with Crippen LogP contribution in [0.4, 0.5) is 0 Å². The molecule has 0 amide bonds. The summed E-state index contributed by atoms with van der Waals surface area (Å²) in [6.45, 7) is 2.10. The molecular formula is C16H17Br2NO. The zero-order valence-electron chi connectivity index (χ0n) is 11.3. The van der Waals surface area contributed by atoms with E-state index in [-0.39, 0.29) is 0 Å². The Balaban J connectivity index is 1.89. The summed E-state index contributed by atoms with van der Waals surface area (Å²) < 4.78 is 7.95. The first-order valence-electron chi connectivity index (χ1n) is 6.43. The Kier molecular flexibility index (Phi) is 6.23. The highest BCUT2D eigenvalue weighted by atomic mass is 79.9. The van der Waals surface area contributed by atoms with Gasteiger partial charge in [-0.15, -0.1) is 0 Å². The lowest BCUT2D eigenvalue weighted by Gasteiger charge is -2.09. The van der Waals surface area contributed by atoms with Crippen LogP contribution in [0.25, 0.3) is 0 Å². The van der Waals surface area contributed by atoms with Crippen molar-refractivity contribution < 1.29 is 4.74 Å². The second-order valence-corrected chi connectivity index (χ2v) is 6.35. The number of benzene rings is 2. The molecule has 0 aliphatic carbocycles. The summed E-state index contributed by atoms with van der Waals surface area (Å²) in [7, 11) is 1.95. The van der Waals surface area contributed by atoms with Crippen molar-refractivity contribution >= 4 is 31.9 Å². The summed E-state index contributed by atoms with van der Waals surface area (Å²) in [5.74, 6) is 0. The molecule has 0 radical (unpaired) electrons. The molecule has 4 heteroatoms. The summed E-state index contributed by atoms with van der Waals surface area (Å²) in [5.41, 5.74) is 3.61. The highest BCUT2D eigenvalue weighted by molar-refractivity contribution is 9.10. The molecule has 0 saturated carbocycles. The molecule has 2 aromatic rings. The monoisotopic (exact) mass is 397 g/mol. The van der Waals surface area contributed by atoms with Gasteiger partial charge in [-0.25, -0.2) is 0 Å². The molecule has 0 aliphatic heterocycles. The van der Waals surface area contributed by atoms with E-state index in [1.807, 2.05) is 19.2 Å². The van der Waals surface area contributed by atoms with Gasteiger partial charge in [-0.1, -0.05) is 56.1 Å². The van der Waals surface area contributed by atoms with E-state index in [0.717, 1.165) is 15.5 Å². The normalized spacial score (nSPS) is 10.8. The third-order valence-corrected chi connectivity index (χ3v) is 4.20. The van der Waals surface area contributed by atoms with Gasteiger partial charge in [-0.3, -0.25) is 0 Å². The fourth-order valence-corrected chi connectivity index (χ4v) is 2.69. The molecule has 20 heavy (non-hydrogen) atoms. The number of nitrogens with one attached hydrogen (secondary N) is 1. The van der Waals surface area contributed by atoms with E-state index >= 15 is 0 Å². The van der Waals surface area contributed by atoms with E-state index in [1.54, 1.807) is 0 Å². The predicted molar refractivity (Wildman–Crippen MR) is 89.5 cm³/mol. The van der Waals surface area contributed by atoms with E-state index in [2.05, 4.69) is 67.5 Å². The maximum Gasteiger partial charge on any atom is 0.0732 e. The van der Waals surface area contributed by atoms with Crippen molar-refractivity contribution in [1.82, 2.24) is 5.32 Å². The van der Waals surface area contributed by atoms with E-state index in [0.29, 0.717) is 13.2 Å². The topological polar surface area (TPSA) is 21.3 Å². The van der Waals surface area contributed by atoms with Crippen molar-refractivity contribution in [2.45, 2.75) is 19.8 Å². The Morgan fingerprint density at radius 2 is 1.65 bits per heavy atom. The molecule has 0 saturated heterocycles. The van der Waals surface area contributed by atoms with Crippen molar-refractivity contribution in [3.05, 3.63) is 68.1 Å². The third kappa shape index (κ3) is 4.70. The molecular weight excluding hydrogens is 382 g/mol. The van der Waals surface area contributed by atoms with Crippen LogP contribution in [0.2, 0.25) is 0 Å². The first-order chi connectivity index (χ1) is 9.69. The Morgan fingerprint density at radius 1 is 0.950 bits per heavy atom. The van der Waals surface area contributed by atoms with Crippen molar-refractivity contribution in [2.24, 2.45) is 0 Å². The number of ether oxygens (including phenoxy) is 1. The molecule has 0 aromatic heterocycles. The van der Waals surface area contributed by atoms with Gasteiger partial charge in [0.25, 0.3) is 0 Å².